The van der Waals surface area contributed by atoms with Gasteiger partial charge in [0.05, 0.1) is 0 Å². The van der Waals surface area contributed by atoms with Gasteiger partial charge in [-0.05, 0) is 60.4 Å². The molecule has 0 aliphatic carbocycles. The summed E-state index contributed by atoms with van der Waals surface area (Å²) in [6.07, 6.45) is 0. The van der Waals surface area contributed by atoms with Gasteiger partial charge in [-0.15, -0.1) is 5.10 Å². The molecule has 0 radical (unpaired) electrons. The van der Waals surface area contributed by atoms with Crippen molar-refractivity contribution in [3.63, 3.8) is 0 Å². The number of carbonyl (C=O) groups excluding carboxylic acids is 1. The van der Waals surface area contributed by atoms with Crippen LogP contribution in [0.3, 0.4) is 0 Å². The number of nitrogens with one attached hydrogen (secondary N) is 1. The highest BCUT2D eigenvalue weighted by Crippen LogP contribution is 2.23. The van der Waals surface area contributed by atoms with Crippen LogP contribution in [0.15, 0.2) is 77.2 Å². The first kappa shape index (κ1) is 17.7. The van der Waals surface area contributed by atoms with Crippen molar-refractivity contribution in [1.29, 1.82) is 0 Å². The van der Waals surface area contributed by atoms with Gasteiger partial charge in [-0.2, -0.15) is 0 Å². The molecule has 3 aromatic carbocycles. The quantitative estimate of drug-likeness (QED) is 0.532. The van der Waals surface area contributed by atoms with Crippen molar-refractivity contribution in [3.8, 4) is 22.6 Å². The minimum absolute atomic E-state index is 0.0744. The third kappa shape index (κ3) is 3.69. The minimum atomic E-state index is -0.296. The molecule has 1 amide bonds. The number of anilines is 1. The molecule has 0 saturated heterocycles. The molecule has 1 heterocycles. The number of aryl methyl sites for hydroxylation is 2. The Hall–Kier alpha value is -3.73. The fraction of sp³-hybridized carbons (Fsp3) is 0.0870. The normalized spacial score (nSPS) is 10.6. The molecule has 0 spiro atoms. The topological polar surface area (TPSA) is 68.0 Å². The molecule has 138 valence electrons. The van der Waals surface area contributed by atoms with Gasteiger partial charge in [-0.25, -0.2) is 0 Å². The average Bonchev–Trinajstić information content (AvgIpc) is 3.19. The third-order valence-corrected chi connectivity index (χ3v) is 4.65. The van der Waals surface area contributed by atoms with Crippen molar-refractivity contribution in [2.75, 3.05) is 5.32 Å². The van der Waals surface area contributed by atoms with E-state index >= 15 is 0 Å². The summed E-state index contributed by atoms with van der Waals surface area (Å²) in [6, 6.07) is 23.4. The van der Waals surface area contributed by atoms with E-state index in [2.05, 4.69) is 15.5 Å². The van der Waals surface area contributed by atoms with Crippen LogP contribution in [0.4, 0.5) is 6.01 Å². The van der Waals surface area contributed by atoms with Crippen LogP contribution in [0.25, 0.3) is 22.6 Å². The van der Waals surface area contributed by atoms with Gasteiger partial charge < -0.3 is 4.42 Å². The number of hydrogen-bond acceptors (Lipinski definition) is 4. The van der Waals surface area contributed by atoms with Crippen LogP contribution >= 0.6 is 0 Å². The molecule has 0 unspecified atom stereocenters. The van der Waals surface area contributed by atoms with Gasteiger partial charge in [-0.1, -0.05) is 53.6 Å². The number of rotatable bonds is 4. The van der Waals surface area contributed by atoms with E-state index in [4.69, 9.17) is 4.42 Å². The van der Waals surface area contributed by atoms with Crippen LogP contribution in [-0.2, 0) is 0 Å². The lowest BCUT2D eigenvalue weighted by molar-refractivity contribution is 0.102. The van der Waals surface area contributed by atoms with Crippen LogP contribution in [-0.4, -0.2) is 16.1 Å². The zero-order valence-electron chi connectivity index (χ0n) is 15.6. The van der Waals surface area contributed by atoms with Gasteiger partial charge in [0.1, 0.15) is 0 Å². The largest absolute Gasteiger partial charge is 0.403 e. The second-order valence-corrected chi connectivity index (χ2v) is 6.61. The summed E-state index contributed by atoms with van der Waals surface area (Å²) in [5.74, 6) is 0.0766. The smallest absolute Gasteiger partial charge is 0.322 e. The molecule has 28 heavy (non-hydrogen) atoms. The van der Waals surface area contributed by atoms with Gasteiger partial charge in [-0.3, -0.25) is 10.1 Å². The molecular formula is C23H19N3O2. The van der Waals surface area contributed by atoms with E-state index in [1.165, 1.54) is 5.56 Å². The lowest BCUT2D eigenvalue weighted by Gasteiger charge is -2.04. The summed E-state index contributed by atoms with van der Waals surface area (Å²) in [7, 11) is 0. The molecule has 1 N–H and O–H groups in total. The first-order valence-corrected chi connectivity index (χ1v) is 8.98. The molecule has 0 saturated carbocycles. The first-order chi connectivity index (χ1) is 13.6. The molecule has 0 atom stereocenters. The maximum absolute atomic E-state index is 12.5. The molecule has 0 aliphatic heterocycles. The zero-order chi connectivity index (χ0) is 19.5. The van der Waals surface area contributed by atoms with Crippen LogP contribution in [0.1, 0.15) is 21.5 Å². The highest BCUT2D eigenvalue weighted by Gasteiger charge is 2.13. The number of hydrogen-bond donors (Lipinski definition) is 1. The second kappa shape index (κ2) is 7.48. The van der Waals surface area contributed by atoms with E-state index in [-0.39, 0.29) is 11.9 Å². The molecule has 4 rings (SSSR count). The van der Waals surface area contributed by atoms with Crippen molar-refractivity contribution in [2.24, 2.45) is 0 Å². The Kier molecular flexibility index (Phi) is 4.72. The fourth-order valence-corrected chi connectivity index (χ4v) is 2.88. The van der Waals surface area contributed by atoms with Gasteiger partial charge in [0.2, 0.25) is 5.89 Å². The van der Waals surface area contributed by atoms with Crippen molar-refractivity contribution < 1.29 is 9.21 Å². The van der Waals surface area contributed by atoms with Gasteiger partial charge in [0.25, 0.3) is 5.91 Å². The Morgan fingerprint density at radius 2 is 1.46 bits per heavy atom. The standard InChI is InChI=1S/C23H19N3O2/c1-15-8-9-20(14-16(15)2)22-25-26-23(28-22)24-21(27)19-12-10-18(11-13-19)17-6-4-3-5-7-17/h3-14H,1-2H3,(H,24,26,27). The maximum Gasteiger partial charge on any atom is 0.322 e. The lowest BCUT2D eigenvalue weighted by atomic mass is 10.0. The van der Waals surface area contributed by atoms with E-state index in [0.29, 0.717) is 11.5 Å². The average molecular weight is 369 g/mol. The third-order valence-electron chi connectivity index (χ3n) is 4.65. The highest BCUT2D eigenvalue weighted by molar-refractivity contribution is 6.03. The number of benzene rings is 3. The summed E-state index contributed by atoms with van der Waals surface area (Å²) in [6.45, 7) is 4.07. The van der Waals surface area contributed by atoms with Crippen molar-refractivity contribution in [1.82, 2.24) is 10.2 Å². The van der Waals surface area contributed by atoms with E-state index in [1.54, 1.807) is 12.1 Å². The molecule has 0 fully saturated rings. The Bertz CT molecular complexity index is 1120. The molecular weight excluding hydrogens is 350 g/mol. The summed E-state index contributed by atoms with van der Waals surface area (Å²) in [5, 5.41) is 10.6. The van der Waals surface area contributed by atoms with Crippen LogP contribution < -0.4 is 5.32 Å². The lowest BCUT2D eigenvalue weighted by Crippen LogP contribution is -2.11. The highest BCUT2D eigenvalue weighted by atomic mass is 16.4. The SMILES string of the molecule is Cc1ccc(-c2nnc(NC(=O)c3ccc(-c4ccccc4)cc3)o2)cc1C. The molecule has 0 aliphatic rings. The maximum atomic E-state index is 12.5. The van der Waals surface area contributed by atoms with Crippen molar-refractivity contribution >= 4 is 11.9 Å². The zero-order valence-corrected chi connectivity index (χ0v) is 15.6. The van der Waals surface area contributed by atoms with Crippen LogP contribution in [0, 0.1) is 13.8 Å². The number of amides is 1. The fourth-order valence-electron chi connectivity index (χ4n) is 2.88. The Morgan fingerprint density at radius 1 is 0.786 bits per heavy atom. The van der Waals surface area contributed by atoms with Gasteiger partial charge in [0.15, 0.2) is 0 Å². The van der Waals surface area contributed by atoms with Crippen LogP contribution in [0.2, 0.25) is 0 Å². The number of nitrogens with zero attached hydrogens (tertiary/aromatic N) is 2. The van der Waals surface area contributed by atoms with Crippen LogP contribution in [0.5, 0.6) is 0 Å². The monoisotopic (exact) mass is 369 g/mol. The van der Waals surface area contributed by atoms with Gasteiger partial charge in [0, 0.05) is 11.1 Å². The molecule has 1 aromatic heterocycles. The minimum Gasteiger partial charge on any atom is -0.403 e. The van der Waals surface area contributed by atoms with E-state index in [9.17, 15) is 4.79 Å². The van der Waals surface area contributed by atoms with E-state index in [0.717, 1.165) is 22.3 Å². The Balaban J connectivity index is 1.48. The first-order valence-electron chi connectivity index (χ1n) is 8.98. The number of carbonyl (C=O) groups is 1. The van der Waals surface area contributed by atoms with Crippen molar-refractivity contribution in [3.05, 3.63) is 89.5 Å². The summed E-state index contributed by atoms with van der Waals surface area (Å²) < 4.78 is 5.60. The van der Waals surface area contributed by atoms with E-state index in [1.807, 2.05) is 74.5 Å². The van der Waals surface area contributed by atoms with Crippen molar-refractivity contribution in [2.45, 2.75) is 13.8 Å². The molecule has 5 nitrogen and oxygen atoms in total. The predicted molar refractivity (Wildman–Crippen MR) is 109 cm³/mol. The second-order valence-electron chi connectivity index (χ2n) is 6.61. The molecule has 5 heteroatoms. The summed E-state index contributed by atoms with van der Waals surface area (Å²) in [4.78, 5) is 12.5. The Labute approximate surface area is 163 Å². The predicted octanol–water partition coefficient (Wildman–Crippen LogP) is 5.27. The number of aromatic nitrogens is 2. The van der Waals surface area contributed by atoms with Gasteiger partial charge >= 0.3 is 6.01 Å². The summed E-state index contributed by atoms with van der Waals surface area (Å²) >= 11 is 0. The van der Waals surface area contributed by atoms with E-state index < -0.39 is 0 Å². The molecule has 4 aromatic rings. The molecule has 0 bridgehead atoms. The summed E-state index contributed by atoms with van der Waals surface area (Å²) in [5.41, 5.74) is 5.82. The Morgan fingerprint density at radius 3 is 2.18 bits per heavy atom.